The molecule has 1 N–H and O–H groups in total. The normalized spacial score (nSPS) is 17.6. The van der Waals surface area contributed by atoms with Crippen LogP contribution in [0.5, 0.6) is 0 Å². The Balaban J connectivity index is 1.34. The quantitative estimate of drug-likeness (QED) is 0.351. The molecule has 0 bridgehead atoms. The van der Waals surface area contributed by atoms with E-state index in [1.807, 2.05) is 42.1 Å². The van der Waals surface area contributed by atoms with E-state index < -0.39 is 10.8 Å². The minimum atomic E-state index is -1.54. The minimum Gasteiger partial charge on any atom is -0.352 e. The first-order valence-corrected chi connectivity index (χ1v) is 15.2. The first kappa shape index (κ1) is 25.7. The van der Waals surface area contributed by atoms with Gasteiger partial charge in [0.1, 0.15) is 0 Å². The SMILES string of the molecule is O=C(NCCCSC1CCCCC1)c1ccc2c(c1)N(Cc1ccccc1)C(=O)c1ccccc1[S@]2=O. The lowest BCUT2D eigenvalue weighted by atomic mass is 10.0. The third kappa shape index (κ3) is 5.99. The van der Waals surface area contributed by atoms with Crippen molar-refractivity contribution in [2.75, 3.05) is 17.2 Å². The van der Waals surface area contributed by atoms with Crippen molar-refractivity contribution in [1.29, 1.82) is 0 Å². The van der Waals surface area contributed by atoms with E-state index in [1.54, 1.807) is 47.4 Å². The molecule has 0 saturated heterocycles. The van der Waals surface area contributed by atoms with Gasteiger partial charge >= 0.3 is 0 Å². The smallest absolute Gasteiger partial charge is 0.259 e. The molecule has 3 aromatic rings. The van der Waals surface area contributed by atoms with Crippen LogP contribution in [0.4, 0.5) is 5.69 Å². The standard InChI is InChI=1S/C30H32N2O3S2/c33-29(31-18-9-19-36-24-12-5-2-6-13-24)23-16-17-28-26(20-23)32(21-22-10-3-1-4-11-22)30(34)25-14-7-8-15-27(25)37(28)35/h1,3-4,7-8,10-11,14-17,20,24H,2,5-6,9,12-13,18-19,21H2,(H,31,33)/t37-/m1/s1. The minimum absolute atomic E-state index is 0.176. The zero-order chi connectivity index (χ0) is 25.6. The van der Waals surface area contributed by atoms with Crippen molar-refractivity contribution < 1.29 is 13.8 Å². The monoisotopic (exact) mass is 532 g/mol. The predicted molar refractivity (Wildman–Crippen MR) is 151 cm³/mol. The highest BCUT2D eigenvalue weighted by atomic mass is 32.2. The molecule has 5 rings (SSSR count). The summed E-state index contributed by atoms with van der Waals surface area (Å²) in [7, 11) is -1.54. The molecule has 2 amide bonds. The summed E-state index contributed by atoms with van der Waals surface area (Å²) < 4.78 is 13.6. The van der Waals surface area contributed by atoms with E-state index in [4.69, 9.17) is 0 Å². The highest BCUT2D eigenvalue weighted by molar-refractivity contribution is 7.99. The van der Waals surface area contributed by atoms with Gasteiger partial charge < -0.3 is 10.2 Å². The van der Waals surface area contributed by atoms with Crippen LogP contribution in [0.3, 0.4) is 0 Å². The molecular formula is C30H32N2O3S2. The summed E-state index contributed by atoms with van der Waals surface area (Å²) in [5.41, 5.74) is 2.36. The van der Waals surface area contributed by atoms with Crippen molar-refractivity contribution in [2.45, 2.75) is 60.1 Å². The number of anilines is 1. The highest BCUT2D eigenvalue weighted by Gasteiger charge is 2.31. The maximum Gasteiger partial charge on any atom is 0.259 e. The topological polar surface area (TPSA) is 66.5 Å². The van der Waals surface area contributed by atoms with E-state index in [1.165, 1.54) is 32.1 Å². The van der Waals surface area contributed by atoms with Crippen LogP contribution >= 0.6 is 11.8 Å². The molecule has 0 unspecified atom stereocenters. The number of fused-ring (bicyclic) bond motifs is 2. The number of benzene rings is 3. The molecule has 0 spiro atoms. The second-order valence-electron chi connectivity index (χ2n) is 9.56. The van der Waals surface area contributed by atoms with Gasteiger partial charge in [-0.1, -0.05) is 61.7 Å². The van der Waals surface area contributed by atoms with Crippen molar-refractivity contribution in [2.24, 2.45) is 0 Å². The van der Waals surface area contributed by atoms with E-state index in [2.05, 4.69) is 5.32 Å². The summed E-state index contributed by atoms with van der Waals surface area (Å²) >= 11 is 2.03. The van der Waals surface area contributed by atoms with Crippen molar-refractivity contribution >= 4 is 40.1 Å². The number of amides is 2. The number of hydrogen-bond acceptors (Lipinski definition) is 4. The Hall–Kier alpha value is -2.90. The van der Waals surface area contributed by atoms with Gasteiger partial charge in [0.2, 0.25) is 0 Å². The molecule has 5 nitrogen and oxygen atoms in total. The Morgan fingerprint density at radius 1 is 0.946 bits per heavy atom. The Morgan fingerprint density at radius 3 is 2.51 bits per heavy atom. The lowest BCUT2D eigenvalue weighted by Crippen LogP contribution is -2.31. The number of hydrogen-bond donors (Lipinski definition) is 1. The molecule has 1 heterocycles. The Bertz CT molecular complexity index is 1290. The van der Waals surface area contributed by atoms with E-state index in [-0.39, 0.29) is 11.8 Å². The van der Waals surface area contributed by atoms with E-state index in [0.29, 0.717) is 39.7 Å². The molecule has 192 valence electrons. The fourth-order valence-corrected chi connectivity index (χ4v) is 7.64. The predicted octanol–water partition coefficient (Wildman–Crippen LogP) is 6.20. The van der Waals surface area contributed by atoms with Gasteiger partial charge in [-0.25, -0.2) is 4.21 Å². The second kappa shape index (κ2) is 12.1. The molecule has 37 heavy (non-hydrogen) atoms. The van der Waals surface area contributed by atoms with Crippen LogP contribution in [0, 0.1) is 0 Å². The molecule has 1 aliphatic carbocycles. The van der Waals surface area contributed by atoms with Crippen molar-refractivity contribution in [3.8, 4) is 0 Å². The highest BCUT2D eigenvalue weighted by Crippen LogP contribution is 2.36. The number of nitrogens with zero attached hydrogens (tertiary/aromatic N) is 1. The Labute approximate surface area is 225 Å². The van der Waals surface area contributed by atoms with Crippen LogP contribution in [0.15, 0.2) is 82.6 Å². The Kier molecular flexibility index (Phi) is 8.41. The van der Waals surface area contributed by atoms with Gasteiger partial charge in [-0.05, 0) is 60.9 Å². The number of thioether (sulfide) groups is 1. The van der Waals surface area contributed by atoms with E-state index >= 15 is 0 Å². The van der Waals surface area contributed by atoms with Gasteiger partial charge in [0.05, 0.1) is 38.4 Å². The fraction of sp³-hybridized carbons (Fsp3) is 0.333. The molecule has 3 aromatic carbocycles. The van der Waals surface area contributed by atoms with Crippen LogP contribution in [0.1, 0.15) is 64.8 Å². The van der Waals surface area contributed by atoms with Crippen LogP contribution in [0.25, 0.3) is 0 Å². The summed E-state index contributed by atoms with van der Waals surface area (Å²) in [6.45, 7) is 0.932. The van der Waals surface area contributed by atoms with Crippen molar-refractivity contribution in [1.82, 2.24) is 5.32 Å². The number of nitrogens with one attached hydrogen (secondary N) is 1. The molecule has 0 radical (unpaired) electrons. The summed E-state index contributed by atoms with van der Waals surface area (Å²) in [5.74, 6) is 0.653. The van der Waals surface area contributed by atoms with Gasteiger partial charge in [-0.3, -0.25) is 9.59 Å². The largest absolute Gasteiger partial charge is 0.352 e. The number of carbonyl (C=O) groups excluding carboxylic acids is 2. The summed E-state index contributed by atoms with van der Waals surface area (Å²) in [5, 5.41) is 3.80. The maximum absolute atomic E-state index is 13.7. The first-order valence-electron chi connectivity index (χ1n) is 13.0. The summed E-state index contributed by atoms with van der Waals surface area (Å²) in [6.07, 6.45) is 7.60. The molecule has 7 heteroatoms. The van der Waals surface area contributed by atoms with Crippen molar-refractivity contribution in [3.63, 3.8) is 0 Å². The van der Waals surface area contributed by atoms with Gasteiger partial charge in [0.15, 0.2) is 0 Å². The molecule has 2 aliphatic rings. The molecule has 1 saturated carbocycles. The molecule has 1 fully saturated rings. The van der Waals surface area contributed by atoms with Crippen LogP contribution in [0.2, 0.25) is 0 Å². The maximum atomic E-state index is 13.7. The van der Waals surface area contributed by atoms with Gasteiger partial charge in [0, 0.05) is 17.4 Å². The fourth-order valence-electron chi connectivity index (χ4n) is 4.99. The third-order valence-corrected chi connectivity index (χ3v) is 9.94. The Morgan fingerprint density at radius 2 is 1.70 bits per heavy atom. The average molecular weight is 533 g/mol. The summed E-state index contributed by atoms with van der Waals surface area (Å²) in [6, 6.07) is 21.9. The lowest BCUT2D eigenvalue weighted by molar-refractivity contribution is 0.0950. The van der Waals surface area contributed by atoms with Gasteiger partial charge in [0.25, 0.3) is 11.8 Å². The number of carbonyl (C=O) groups is 2. The first-order chi connectivity index (χ1) is 18.1. The van der Waals surface area contributed by atoms with Crippen LogP contribution < -0.4 is 10.2 Å². The van der Waals surface area contributed by atoms with E-state index in [9.17, 15) is 13.8 Å². The van der Waals surface area contributed by atoms with E-state index in [0.717, 1.165) is 23.0 Å². The van der Waals surface area contributed by atoms with Crippen LogP contribution in [-0.2, 0) is 17.3 Å². The number of rotatable bonds is 8. The zero-order valence-electron chi connectivity index (χ0n) is 20.9. The molecule has 1 aliphatic heterocycles. The molecule has 1 atom stereocenters. The van der Waals surface area contributed by atoms with Gasteiger partial charge in [-0.15, -0.1) is 0 Å². The van der Waals surface area contributed by atoms with Crippen molar-refractivity contribution in [3.05, 3.63) is 89.5 Å². The third-order valence-electron chi connectivity index (χ3n) is 6.97. The zero-order valence-corrected chi connectivity index (χ0v) is 22.5. The molecular weight excluding hydrogens is 500 g/mol. The lowest BCUT2D eigenvalue weighted by Gasteiger charge is -2.23. The van der Waals surface area contributed by atoms with Crippen LogP contribution in [-0.4, -0.2) is 33.6 Å². The summed E-state index contributed by atoms with van der Waals surface area (Å²) in [4.78, 5) is 29.4. The molecule has 0 aromatic heterocycles. The second-order valence-corrected chi connectivity index (χ2v) is 12.4. The van der Waals surface area contributed by atoms with Gasteiger partial charge in [-0.2, -0.15) is 11.8 Å². The average Bonchev–Trinajstić information content (AvgIpc) is 3.03.